The van der Waals surface area contributed by atoms with Crippen molar-refractivity contribution in [1.29, 1.82) is 0 Å². The minimum Gasteiger partial charge on any atom is -0.490 e. The second kappa shape index (κ2) is 7.25. The van der Waals surface area contributed by atoms with Crippen molar-refractivity contribution < 1.29 is 14.6 Å². The van der Waals surface area contributed by atoms with Crippen molar-refractivity contribution in [3.8, 4) is 16.9 Å². The van der Waals surface area contributed by atoms with E-state index in [9.17, 15) is 4.79 Å². The van der Waals surface area contributed by atoms with Gasteiger partial charge in [0.2, 0.25) is 0 Å². The fourth-order valence-electron chi connectivity index (χ4n) is 3.38. The molecule has 1 aliphatic rings. The second-order valence-electron chi connectivity index (χ2n) is 6.62. The molecule has 0 saturated carbocycles. The summed E-state index contributed by atoms with van der Waals surface area (Å²) in [5.74, 6) is 0.510. The van der Waals surface area contributed by atoms with Gasteiger partial charge < -0.3 is 14.7 Å². The molecule has 1 aliphatic heterocycles. The Kier molecular flexibility index (Phi) is 4.64. The zero-order valence-electron chi connectivity index (χ0n) is 15.1. The van der Waals surface area contributed by atoms with Gasteiger partial charge in [0.05, 0.1) is 18.4 Å². The first kappa shape index (κ1) is 17.3. The van der Waals surface area contributed by atoms with Crippen LogP contribution in [0.4, 0.5) is 0 Å². The van der Waals surface area contributed by atoms with Gasteiger partial charge >= 0.3 is 0 Å². The molecule has 0 atom stereocenters. The molecule has 138 valence electrons. The van der Waals surface area contributed by atoms with E-state index in [-0.39, 0.29) is 19.1 Å². The van der Waals surface area contributed by atoms with E-state index in [1.165, 1.54) is 0 Å². The molecule has 4 rings (SSSR count). The number of amides is 1. The second-order valence-corrected chi connectivity index (χ2v) is 6.62. The molecule has 1 aromatic heterocycles. The highest BCUT2D eigenvalue weighted by Gasteiger charge is 2.30. The minimum atomic E-state index is -0.0785. The number of nitrogens with zero attached hydrogens (tertiary/aromatic N) is 3. The van der Waals surface area contributed by atoms with Gasteiger partial charge in [-0.25, -0.2) is 0 Å². The number of aliphatic hydroxyl groups is 1. The normalized spacial score (nSPS) is 13.1. The van der Waals surface area contributed by atoms with E-state index < -0.39 is 0 Å². The number of carbonyl (C=O) groups excluding carboxylic acids is 1. The zero-order chi connectivity index (χ0) is 18.8. The molecule has 2 aromatic carbocycles. The van der Waals surface area contributed by atoms with Crippen LogP contribution >= 0.6 is 0 Å². The molecule has 6 nitrogen and oxygen atoms in total. The third kappa shape index (κ3) is 3.44. The SMILES string of the molecule is Cn1cc(-c2ccc(CN3Cc4cccc(OCCO)c4C3=O)cc2)cn1. The summed E-state index contributed by atoms with van der Waals surface area (Å²) in [5.41, 5.74) is 4.81. The highest BCUT2D eigenvalue weighted by Crippen LogP contribution is 2.32. The highest BCUT2D eigenvalue weighted by atomic mass is 16.5. The van der Waals surface area contributed by atoms with Crippen LogP contribution in [-0.2, 0) is 20.1 Å². The topological polar surface area (TPSA) is 67.6 Å². The van der Waals surface area contributed by atoms with E-state index in [2.05, 4.69) is 17.2 Å². The monoisotopic (exact) mass is 363 g/mol. The van der Waals surface area contributed by atoms with E-state index in [1.807, 2.05) is 48.6 Å². The molecular formula is C21H21N3O3. The summed E-state index contributed by atoms with van der Waals surface area (Å²) in [4.78, 5) is 14.7. The Labute approximate surface area is 157 Å². The minimum absolute atomic E-state index is 0.0325. The quantitative estimate of drug-likeness (QED) is 0.731. The van der Waals surface area contributed by atoms with Crippen molar-refractivity contribution in [1.82, 2.24) is 14.7 Å². The van der Waals surface area contributed by atoms with Crippen LogP contribution in [0.25, 0.3) is 11.1 Å². The zero-order valence-corrected chi connectivity index (χ0v) is 15.1. The number of rotatable bonds is 6. The number of aryl methyl sites for hydroxylation is 1. The Hall–Kier alpha value is -3.12. The van der Waals surface area contributed by atoms with Gasteiger partial charge in [0, 0.05) is 31.9 Å². The molecule has 0 aliphatic carbocycles. The molecule has 0 saturated heterocycles. The summed E-state index contributed by atoms with van der Waals surface area (Å²) >= 11 is 0. The van der Waals surface area contributed by atoms with Gasteiger partial charge in [0.25, 0.3) is 5.91 Å². The first-order valence-electron chi connectivity index (χ1n) is 8.88. The summed E-state index contributed by atoms with van der Waals surface area (Å²) in [6.45, 7) is 1.21. The maximum absolute atomic E-state index is 12.8. The van der Waals surface area contributed by atoms with Gasteiger partial charge in [-0.15, -0.1) is 0 Å². The van der Waals surface area contributed by atoms with E-state index in [0.29, 0.717) is 24.4 Å². The number of aromatic nitrogens is 2. The van der Waals surface area contributed by atoms with Crippen LogP contribution in [0.3, 0.4) is 0 Å². The number of carbonyl (C=O) groups is 1. The van der Waals surface area contributed by atoms with Gasteiger partial charge in [0.15, 0.2) is 0 Å². The Morgan fingerprint density at radius 3 is 2.67 bits per heavy atom. The van der Waals surface area contributed by atoms with E-state index in [0.717, 1.165) is 22.3 Å². The van der Waals surface area contributed by atoms with E-state index in [1.54, 1.807) is 10.7 Å². The lowest BCUT2D eigenvalue weighted by Gasteiger charge is -2.16. The molecule has 27 heavy (non-hydrogen) atoms. The van der Waals surface area contributed by atoms with Gasteiger partial charge in [-0.3, -0.25) is 9.48 Å². The van der Waals surface area contributed by atoms with Crippen molar-refractivity contribution in [3.05, 3.63) is 71.5 Å². The lowest BCUT2D eigenvalue weighted by atomic mass is 10.1. The van der Waals surface area contributed by atoms with Crippen LogP contribution in [0.15, 0.2) is 54.9 Å². The van der Waals surface area contributed by atoms with Crippen LogP contribution < -0.4 is 4.74 Å². The van der Waals surface area contributed by atoms with Crippen molar-refractivity contribution >= 4 is 5.91 Å². The number of aliphatic hydroxyl groups excluding tert-OH is 1. The number of hydrogen-bond donors (Lipinski definition) is 1. The summed E-state index contributed by atoms with van der Waals surface area (Å²) < 4.78 is 7.31. The van der Waals surface area contributed by atoms with Gasteiger partial charge in [-0.1, -0.05) is 36.4 Å². The summed E-state index contributed by atoms with van der Waals surface area (Å²) in [5, 5.41) is 13.2. The number of hydrogen-bond acceptors (Lipinski definition) is 4. The fourth-order valence-corrected chi connectivity index (χ4v) is 3.38. The highest BCUT2D eigenvalue weighted by molar-refractivity contribution is 6.01. The largest absolute Gasteiger partial charge is 0.490 e. The molecule has 3 aromatic rings. The molecule has 0 fully saturated rings. The van der Waals surface area contributed by atoms with Gasteiger partial charge in [-0.05, 0) is 22.8 Å². The number of fused-ring (bicyclic) bond motifs is 1. The molecule has 2 heterocycles. The summed E-state index contributed by atoms with van der Waals surface area (Å²) in [7, 11) is 1.90. The van der Waals surface area contributed by atoms with Crippen LogP contribution in [0.2, 0.25) is 0 Å². The molecule has 0 bridgehead atoms. The average Bonchev–Trinajstić information content (AvgIpc) is 3.25. The number of benzene rings is 2. The Morgan fingerprint density at radius 1 is 1.15 bits per heavy atom. The molecule has 0 radical (unpaired) electrons. The first-order chi connectivity index (χ1) is 13.2. The Balaban J connectivity index is 1.50. The summed E-state index contributed by atoms with van der Waals surface area (Å²) in [6, 6.07) is 13.8. The third-order valence-electron chi connectivity index (χ3n) is 4.69. The first-order valence-corrected chi connectivity index (χ1v) is 8.88. The van der Waals surface area contributed by atoms with Gasteiger partial charge in [0.1, 0.15) is 12.4 Å². The van der Waals surface area contributed by atoms with Crippen molar-refractivity contribution in [2.45, 2.75) is 13.1 Å². The lowest BCUT2D eigenvalue weighted by Crippen LogP contribution is -2.23. The molecule has 0 unspecified atom stereocenters. The lowest BCUT2D eigenvalue weighted by molar-refractivity contribution is 0.0762. The molecule has 1 N–H and O–H groups in total. The van der Waals surface area contributed by atoms with Crippen molar-refractivity contribution in [2.75, 3.05) is 13.2 Å². The fraction of sp³-hybridized carbons (Fsp3) is 0.238. The molecular weight excluding hydrogens is 342 g/mol. The van der Waals surface area contributed by atoms with Crippen LogP contribution in [0.1, 0.15) is 21.5 Å². The number of ether oxygens (including phenoxy) is 1. The predicted molar refractivity (Wildman–Crippen MR) is 101 cm³/mol. The van der Waals surface area contributed by atoms with Crippen LogP contribution in [-0.4, -0.2) is 38.9 Å². The van der Waals surface area contributed by atoms with Gasteiger partial charge in [-0.2, -0.15) is 5.10 Å². The Bertz CT molecular complexity index is 963. The maximum Gasteiger partial charge on any atom is 0.258 e. The van der Waals surface area contributed by atoms with E-state index >= 15 is 0 Å². The third-order valence-corrected chi connectivity index (χ3v) is 4.69. The van der Waals surface area contributed by atoms with Crippen molar-refractivity contribution in [2.24, 2.45) is 7.05 Å². The molecule has 1 amide bonds. The maximum atomic E-state index is 12.8. The Morgan fingerprint density at radius 2 is 1.96 bits per heavy atom. The van der Waals surface area contributed by atoms with Crippen LogP contribution in [0, 0.1) is 0 Å². The molecule has 0 spiro atoms. The average molecular weight is 363 g/mol. The van der Waals surface area contributed by atoms with E-state index in [4.69, 9.17) is 9.84 Å². The van der Waals surface area contributed by atoms with Crippen LogP contribution in [0.5, 0.6) is 5.75 Å². The smallest absolute Gasteiger partial charge is 0.258 e. The standard InChI is InChI=1S/C21H21N3O3/c1-23-13-18(11-22-23)16-7-5-15(6-8-16)12-24-14-17-3-2-4-19(27-10-9-25)20(17)21(24)26/h2-8,11,13,25H,9-10,12,14H2,1H3. The molecule has 6 heteroatoms. The van der Waals surface area contributed by atoms with Crippen molar-refractivity contribution in [3.63, 3.8) is 0 Å². The predicted octanol–water partition coefficient (Wildman–Crippen LogP) is 2.61. The summed E-state index contributed by atoms with van der Waals surface area (Å²) in [6.07, 6.45) is 3.81.